The number of ether oxygens (including phenoxy) is 2. The summed E-state index contributed by atoms with van der Waals surface area (Å²) in [6.45, 7) is 3.17. The Hall–Kier alpha value is -3.20. The molecule has 4 rings (SSSR count). The zero-order valence-electron chi connectivity index (χ0n) is 20.1. The summed E-state index contributed by atoms with van der Waals surface area (Å²) < 4.78 is 29.9. The molecule has 0 radical (unpaired) electrons. The Kier molecular flexibility index (Phi) is 7.54. The third-order valence-corrected chi connectivity index (χ3v) is 6.93. The van der Waals surface area contributed by atoms with Crippen LogP contribution in [0.1, 0.15) is 54.8 Å². The molecule has 2 aliphatic rings. The number of benzene rings is 1. The summed E-state index contributed by atoms with van der Waals surface area (Å²) in [5.74, 6) is -2.03. The summed E-state index contributed by atoms with van der Waals surface area (Å²) in [4.78, 5) is 44.6. The number of carbonyl (C=O) groups is 3. The Morgan fingerprint density at radius 3 is 2.63 bits per heavy atom. The van der Waals surface area contributed by atoms with Crippen molar-refractivity contribution in [2.24, 2.45) is 5.92 Å². The van der Waals surface area contributed by atoms with Crippen LogP contribution < -0.4 is 0 Å². The van der Waals surface area contributed by atoms with Crippen molar-refractivity contribution in [1.82, 2.24) is 9.80 Å². The van der Waals surface area contributed by atoms with Gasteiger partial charge in [-0.15, -0.1) is 0 Å². The lowest BCUT2D eigenvalue weighted by molar-refractivity contribution is -0.149. The molecule has 0 unspecified atom stereocenters. The number of furan rings is 1. The minimum atomic E-state index is -1.27. The van der Waals surface area contributed by atoms with Crippen LogP contribution in [0.15, 0.2) is 47.1 Å². The number of likely N-dealkylation sites (tertiary alicyclic amines) is 2. The van der Waals surface area contributed by atoms with E-state index >= 15 is 0 Å². The summed E-state index contributed by atoms with van der Waals surface area (Å²) in [5.41, 5.74) is -1.04. The maximum atomic E-state index is 14.2. The van der Waals surface area contributed by atoms with E-state index in [1.165, 1.54) is 35.4 Å². The van der Waals surface area contributed by atoms with E-state index in [4.69, 9.17) is 13.9 Å². The van der Waals surface area contributed by atoms with E-state index < -0.39 is 35.2 Å². The average Bonchev–Trinajstić information content (AvgIpc) is 3.46. The van der Waals surface area contributed by atoms with Crippen molar-refractivity contribution in [2.75, 3.05) is 33.4 Å². The highest BCUT2D eigenvalue weighted by Gasteiger charge is 2.62. The van der Waals surface area contributed by atoms with Gasteiger partial charge in [0.1, 0.15) is 23.2 Å². The van der Waals surface area contributed by atoms with Crippen LogP contribution in [0.25, 0.3) is 0 Å². The van der Waals surface area contributed by atoms with Crippen molar-refractivity contribution in [2.45, 2.75) is 44.2 Å². The van der Waals surface area contributed by atoms with Crippen molar-refractivity contribution < 1.29 is 32.7 Å². The van der Waals surface area contributed by atoms with Gasteiger partial charge in [0.15, 0.2) is 0 Å². The molecule has 0 N–H and O–H groups in total. The van der Waals surface area contributed by atoms with E-state index in [9.17, 15) is 18.8 Å². The molecule has 2 fully saturated rings. The zero-order chi connectivity index (χ0) is 25.0. The third-order valence-electron chi connectivity index (χ3n) is 6.93. The molecule has 188 valence electrons. The lowest BCUT2D eigenvalue weighted by Crippen LogP contribution is -2.58. The first-order valence-corrected chi connectivity index (χ1v) is 12.0. The Morgan fingerprint density at radius 1 is 1.20 bits per heavy atom. The summed E-state index contributed by atoms with van der Waals surface area (Å²) in [6, 6.07) is 7.75. The molecule has 8 nitrogen and oxygen atoms in total. The molecule has 2 aromatic rings. The van der Waals surface area contributed by atoms with Crippen LogP contribution in [0.2, 0.25) is 0 Å². The average molecular weight is 487 g/mol. The predicted octanol–water partition coefficient (Wildman–Crippen LogP) is 3.58. The molecule has 9 heteroatoms. The van der Waals surface area contributed by atoms with Crippen molar-refractivity contribution in [1.29, 1.82) is 0 Å². The third kappa shape index (κ3) is 4.69. The largest absolute Gasteiger partial charge is 0.467 e. The van der Waals surface area contributed by atoms with Crippen LogP contribution in [0, 0.1) is 11.7 Å². The van der Waals surface area contributed by atoms with E-state index in [0.717, 1.165) is 6.42 Å². The molecule has 2 amide bonds. The lowest BCUT2D eigenvalue weighted by Gasteiger charge is -2.41. The molecule has 0 saturated carbocycles. The maximum Gasteiger partial charge on any atom is 0.311 e. The van der Waals surface area contributed by atoms with Crippen molar-refractivity contribution in [3.05, 3.63) is 59.8 Å². The van der Waals surface area contributed by atoms with Crippen LogP contribution in [0.5, 0.6) is 0 Å². The molecule has 1 aromatic heterocycles. The Morgan fingerprint density at radius 2 is 1.97 bits per heavy atom. The first-order valence-electron chi connectivity index (χ1n) is 12.0. The Bertz CT molecular complexity index is 1040. The van der Waals surface area contributed by atoms with E-state index in [2.05, 4.69) is 0 Å². The van der Waals surface area contributed by atoms with Gasteiger partial charge in [0.2, 0.25) is 5.91 Å². The van der Waals surface area contributed by atoms with Crippen LogP contribution >= 0.6 is 0 Å². The number of esters is 1. The number of halogens is 1. The van der Waals surface area contributed by atoms with Gasteiger partial charge in [-0.25, -0.2) is 4.39 Å². The van der Waals surface area contributed by atoms with Crippen molar-refractivity contribution in [3.63, 3.8) is 0 Å². The Balaban J connectivity index is 1.86. The van der Waals surface area contributed by atoms with Gasteiger partial charge in [-0.1, -0.05) is 0 Å². The van der Waals surface area contributed by atoms with Gasteiger partial charge in [-0.2, -0.15) is 0 Å². The topological polar surface area (TPSA) is 89.3 Å². The maximum absolute atomic E-state index is 14.2. The first kappa shape index (κ1) is 24.9. The van der Waals surface area contributed by atoms with Gasteiger partial charge in [0.25, 0.3) is 5.91 Å². The number of amides is 2. The highest BCUT2D eigenvalue weighted by molar-refractivity contribution is 6.01. The van der Waals surface area contributed by atoms with Crippen LogP contribution in [-0.4, -0.2) is 66.5 Å². The number of nitrogens with zero attached hydrogens (tertiary/aromatic N) is 2. The second-order valence-corrected chi connectivity index (χ2v) is 8.98. The first-order chi connectivity index (χ1) is 16.9. The smallest absolute Gasteiger partial charge is 0.311 e. The number of methoxy groups -OCH3 is 1. The molecular weight excluding hydrogens is 455 g/mol. The number of rotatable bonds is 7. The fourth-order valence-electron chi connectivity index (χ4n) is 5.37. The minimum Gasteiger partial charge on any atom is -0.467 e. The molecule has 1 aromatic carbocycles. The molecular formula is C26H31FN2O6. The number of carbonyl (C=O) groups excluding carboxylic acids is 3. The molecule has 35 heavy (non-hydrogen) atoms. The number of hydrogen-bond donors (Lipinski definition) is 0. The second kappa shape index (κ2) is 10.6. The van der Waals surface area contributed by atoms with E-state index in [1.54, 1.807) is 31.1 Å². The van der Waals surface area contributed by atoms with Crippen LogP contribution in [0.3, 0.4) is 0 Å². The molecule has 1 spiro atoms. The predicted molar refractivity (Wildman–Crippen MR) is 124 cm³/mol. The monoisotopic (exact) mass is 486 g/mol. The van der Waals surface area contributed by atoms with Gasteiger partial charge in [-0.05, 0) is 69.0 Å². The van der Waals surface area contributed by atoms with E-state index in [-0.39, 0.29) is 24.5 Å². The van der Waals surface area contributed by atoms with E-state index in [0.29, 0.717) is 38.3 Å². The summed E-state index contributed by atoms with van der Waals surface area (Å²) >= 11 is 0. The summed E-state index contributed by atoms with van der Waals surface area (Å²) in [6.07, 6.45) is 3.46. The highest BCUT2D eigenvalue weighted by Crippen LogP contribution is 2.51. The second-order valence-electron chi connectivity index (χ2n) is 8.98. The quantitative estimate of drug-likeness (QED) is 0.556. The molecule has 2 saturated heterocycles. The number of hydrogen-bond acceptors (Lipinski definition) is 6. The van der Waals surface area contributed by atoms with E-state index in [1.807, 2.05) is 0 Å². The molecule has 3 atom stereocenters. The standard InChI is InChI=1S/C26H31FN2O6/c1-3-34-24(31)20-17-26(12-4-5-13-28(25(26)32)14-16-33-2)29(22(20)21-7-6-15-35-21)23(30)18-8-10-19(27)11-9-18/h6-11,15,20,22H,3-5,12-14,16-17H2,1-2H3/t20-,22+,26-/m0/s1. The molecule has 3 heterocycles. The summed E-state index contributed by atoms with van der Waals surface area (Å²) in [7, 11) is 1.57. The van der Waals surface area contributed by atoms with Gasteiger partial charge >= 0.3 is 5.97 Å². The van der Waals surface area contributed by atoms with Gasteiger partial charge in [0, 0.05) is 25.8 Å². The van der Waals surface area contributed by atoms with Crippen molar-refractivity contribution in [3.8, 4) is 0 Å². The lowest BCUT2D eigenvalue weighted by atomic mass is 9.85. The van der Waals surface area contributed by atoms with Gasteiger partial charge in [-0.3, -0.25) is 14.4 Å². The normalized spacial score (nSPS) is 24.6. The zero-order valence-corrected chi connectivity index (χ0v) is 20.1. The van der Waals surface area contributed by atoms with Gasteiger partial charge < -0.3 is 23.7 Å². The fourth-order valence-corrected chi connectivity index (χ4v) is 5.37. The molecule has 0 aliphatic carbocycles. The SMILES string of the molecule is CCOC(=O)[C@H]1C[C@]2(CCCCN(CCOC)C2=O)N(C(=O)c2ccc(F)cc2)[C@H]1c1ccco1. The summed E-state index contributed by atoms with van der Waals surface area (Å²) in [5, 5.41) is 0. The van der Waals surface area contributed by atoms with Crippen molar-refractivity contribution >= 4 is 17.8 Å². The molecule has 0 bridgehead atoms. The highest BCUT2D eigenvalue weighted by atomic mass is 19.1. The van der Waals surface area contributed by atoms with Crippen LogP contribution in [0.4, 0.5) is 4.39 Å². The minimum absolute atomic E-state index is 0.118. The van der Waals surface area contributed by atoms with Crippen LogP contribution in [-0.2, 0) is 19.1 Å². The van der Waals surface area contributed by atoms with Gasteiger partial charge in [0.05, 0.1) is 25.4 Å². The Labute approximate surface area is 204 Å². The fraction of sp³-hybridized carbons (Fsp3) is 0.500. The molecule has 2 aliphatic heterocycles.